The predicted molar refractivity (Wildman–Crippen MR) is 163 cm³/mol. The summed E-state index contributed by atoms with van der Waals surface area (Å²) in [5.74, 6) is -5.93. The molecule has 1 aromatic carbocycles. The van der Waals surface area contributed by atoms with Gasteiger partial charge in [-0.1, -0.05) is 0 Å². The topological polar surface area (TPSA) is 190 Å². The van der Waals surface area contributed by atoms with Crippen molar-refractivity contribution >= 4 is 28.9 Å². The van der Waals surface area contributed by atoms with E-state index in [1.165, 1.54) is 4.90 Å². The number of likely N-dealkylation sites (N-methyl/N-ethyl adjacent to an activating group) is 1. The van der Waals surface area contributed by atoms with Crippen molar-refractivity contribution < 1.29 is 39.2 Å². The molecule has 0 saturated heterocycles. The van der Waals surface area contributed by atoms with Crippen molar-refractivity contribution in [2.24, 2.45) is 17.6 Å². The fraction of sp³-hybridized carbons (Fsp3) is 0.469. The number of carbonyl (C=O) groups excluding carboxylic acids is 3. The van der Waals surface area contributed by atoms with Gasteiger partial charge in [-0.05, 0) is 77.4 Å². The molecule has 44 heavy (non-hydrogen) atoms. The Balaban J connectivity index is 1.69. The Morgan fingerprint density at radius 2 is 1.80 bits per heavy atom. The normalized spacial score (nSPS) is 25.2. The number of rotatable bonds is 6. The van der Waals surface area contributed by atoms with E-state index in [0.717, 1.165) is 0 Å². The predicted octanol–water partition coefficient (Wildman–Crippen LogP) is 2.18. The summed E-state index contributed by atoms with van der Waals surface area (Å²) < 4.78 is 6.05. The molecule has 1 aromatic heterocycles. The number of phenols is 1. The van der Waals surface area contributed by atoms with Crippen molar-refractivity contribution in [2.45, 2.75) is 57.3 Å². The zero-order valence-corrected chi connectivity index (χ0v) is 26.0. The molecule has 0 radical (unpaired) electrons. The first-order chi connectivity index (χ1) is 20.4. The van der Waals surface area contributed by atoms with Crippen molar-refractivity contribution in [3.05, 3.63) is 52.0 Å². The van der Waals surface area contributed by atoms with Gasteiger partial charge in [0, 0.05) is 36.8 Å². The molecular formula is C32H40N4O8. The fourth-order valence-electron chi connectivity index (χ4n) is 6.85. The molecule has 3 aliphatic rings. The molecule has 1 unspecified atom stereocenters. The Morgan fingerprint density at radius 3 is 2.36 bits per heavy atom. The van der Waals surface area contributed by atoms with Gasteiger partial charge in [0.25, 0.3) is 5.91 Å². The van der Waals surface area contributed by atoms with Gasteiger partial charge in [0.1, 0.15) is 34.4 Å². The molecule has 0 aliphatic heterocycles. The van der Waals surface area contributed by atoms with Crippen LogP contribution in [0.2, 0.25) is 0 Å². The number of amides is 1. The van der Waals surface area contributed by atoms with E-state index < -0.39 is 58.0 Å². The lowest BCUT2D eigenvalue weighted by molar-refractivity contribution is -0.153. The number of ketones is 2. The SMILES string of the molecule is CN(C)c1cc(-c2ccc(CNC(C)(C)C)o2)c(O)c2c1C[C@@H]1C[C@@H]3C(N(C)C)C(=O)C(C(N)=O)=C(O)[C@]3(O)C(=O)C1=C2O. The number of phenolic OH excluding ortho intramolecular Hbond substituents is 1. The minimum Gasteiger partial charge on any atom is -0.508 e. The summed E-state index contributed by atoms with van der Waals surface area (Å²) >= 11 is 0. The quantitative estimate of drug-likeness (QED) is 0.264. The van der Waals surface area contributed by atoms with Gasteiger partial charge in [0.2, 0.25) is 5.78 Å². The Hall–Kier alpha value is -4.13. The Morgan fingerprint density at radius 1 is 1.14 bits per heavy atom. The number of aliphatic hydroxyl groups is 3. The summed E-state index contributed by atoms with van der Waals surface area (Å²) in [5.41, 5.74) is 3.04. The van der Waals surface area contributed by atoms with E-state index in [2.05, 4.69) is 5.32 Å². The maximum atomic E-state index is 14.2. The van der Waals surface area contributed by atoms with E-state index in [4.69, 9.17) is 10.2 Å². The molecule has 4 atom stereocenters. The lowest BCUT2D eigenvalue weighted by Gasteiger charge is -2.50. The number of benzene rings is 1. The largest absolute Gasteiger partial charge is 0.508 e. The molecule has 7 N–H and O–H groups in total. The minimum absolute atomic E-state index is 0.00764. The van der Waals surface area contributed by atoms with Crippen molar-refractivity contribution in [1.82, 2.24) is 10.2 Å². The molecule has 3 aliphatic carbocycles. The van der Waals surface area contributed by atoms with Crippen molar-refractivity contribution in [3.8, 4) is 17.1 Å². The monoisotopic (exact) mass is 608 g/mol. The summed E-state index contributed by atoms with van der Waals surface area (Å²) in [6, 6.07) is 4.11. The van der Waals surface area contributed by atoms with Crippen LogP contribution in [0.5, 0.6) is 5.75 Å². The number of nitrogens with two attached hydrogens (primary N) is 1. The van der Waals surface area contributed by atoms with Gasteiger partial charge in [0.15, 0.2) is 11.4 Å². The molecule has 1 fully saturated rings. The van der Waals surface area contributed by atoms with Crippen LogP contribution in [-0.2, 0) is 27.3 Å². The first kappa shape index (κ1) is 31.3. The van der Waals surface area contributed by atoms with Gasteiger partial charge in [-0.25, -0.2) is 0 Å². The van der Waals surface area contributed by atoms with E-state index in [0.29, 0.717) is 29.3 Å². The van der Waals surface area contributed by atoms with Gasteiger partial charge < -0.3 is 40.8 Å². The molecular weight excluding hydrogens is 568 g/mol. The molecule has 1 heterocycles. The second-order valence-corrected chi connectivity index (χ2v) is 13.4. The molecule has 12 heteroatoms. The number of nitrogens with zero attached hydrogens (tertiary/aromatic N) is 2. The van der Waals surface area contributed by atoms with E-state index in [-0.39, 0.29) is 40.8 Å². The van der Waals surface area contributed by atoms with Crippen LogP contribution in [0, 0.1) is 11.8 Å². The Bertz CT molecular complexity index is 1640. The molecule has 1 amide bonds. The van der Waals surface area contributed by atoms with E-state index in [9.17, 15) is 34.8 Å². The molecule has 1 saturated carbocycles. The number of nitrogens with one attached hydrogen (secondary N) is 1. The highest BCUT2D eigenvalue weighted by molar-refractivity contribution is 6.24. The average molecular weight is 609 g/mol. The first-order valence-corrected chi connectivity index (χ1v) is 14.4. The number of Topliss-reactive ketones (excluding diaryl/α,β-unsaturated/α-hetero) is 2. The Labute approximate surface area is 255 Å². The van der Waals surface area contributed by atoms with Crippen LogP contribution in [0.4, 0.5) is 5.69 Å². The number of aliphatic hydroxyl groups excluding tert-OH is 2. The summed E-state index contributed by atoms with van der Waals surface area (Å²) in [6.45, 7) is 6.53. The highest BCUT2D eigenvalue weighted by atomic mass is 16.4. The molecule has 5 rings (SSSR count). The van der Waals surface area contributed by atoms with Crippen LogP contribution in [0.15, 0.2) is 39.5 Å². The number of hydrogen-bond acceptors (Lipinski definition) is 11. The van der Waals surface area contributed by atoms with E-state index >= 15 is 0 Å². The summed E-state index contributed by atoms with van der Waals surface area (Å²) in [7, 11) is 6.76. The van der Waals surface area contributed by atoms with Crippen LogP contribution in [-0.4, -0.2) is 88.2 Å². The number of primary amides is 1. The zero-order chi connectivity index (χ0) is 32.6. The molecule has 0 spiro atoms. The van der Waals surface area contributed by atoms with Crippen molar-refractivity contribution in [3.63, 3.8) is 0 Å². The van der Waals surface area contributed by atoms with Crippen LogP contribution in [0.3, 0.4) is 0 Å². The lowest BCUT2D eigenvalue weighted by atomic mass is 9.57. The average Bonchev–Trinajstić information content (AvgIpc) is 3.37. The highest BCUT2D eigenvalue weighted by Crippen LogP contribution is 2.55. The molecule has 2 aromatic rings. The minimum atomic E-state index is -2.70. The van der Waals surface area contributed by atoms with Gasteiger partial charge >= 0.3 is 0 Å². The van der Waals surface area contributed by atoms with Crippen molar-refractivity contribution in [2.75, 3.05) is 33.1 Å². The van der Waals surface area contributed by atoms with Crippen LogP contribution in [0.25, 0.3) is 17.1 Å². The van der Waals surface area contributed by atoms with E-state index in [1.54, 1.807) is 32.3 Å². The highest BCUT2D eigenvalue weighted by Gasteiger charge is 2.64. The lowest BCUT2D eigenvalue weighted by Crippen LogP contribution is -2.65. The Kier molecular flexibility index (Phi) is 7.47. The second kappa shape index (κ2) is 10.5. The van der Waals surface area contributed by atoms with Crippen molar-refractivity contribution in [1.29, 1.82) is 0 Å². The second-order valence-electron chi connectivity index (χ2n) is 13.4. The number of aromatic hydroxyl groups is 1. The van der Waals surface area contributed by atoms with Gasteiger partial charge in [-0.15, -0.1) is 0 Å². The molecule has 236 valence electrons. The van der Waals surface area contributed by atoms with Crippen LogP contribution >= 0.6 is 0 Å². The number of furan rings is 1. The van der Waals surface area contributed by atoms with Crippen LogP contribution in [0.1, 0.15) is 44.1 Å². The van der Waals surface area contributed by atoms with E-state index in [1.807, 2.05) is 39.8 Å². The maximum absolute atomic E-state index is 14.2. The maximum Gasteiger partial charge on any atom is 0.255 e. The summed E-state index contributed by atoms with van der Waals surface area (Å²) in [6.07, 6.45) is 0.207. The van der Waals surface area contributed by atoms with Gasteiger partial charge in [-0.3, -0.25) is 19.3 Å². The zero-order valence-electron chi connectivity index (χ0n) is 26.0. The third-order valence-electron chi connectivity index (χ3n) is 8.90. The van der Waals surface area contributed by atoms with Crippen LogP contribution < -0.4 is 16.0 Å². The number of hydrogen-bond donors (Lipinski definition) is 6. The standard InChI is InChI=1S/C32H40N4O8/c1-31(2,3)34-13-15-8-9-20(44-15)17-12-19(35(4)5)16-10-14-11-18-24(36(6)7)27(39)23(30(33)42)29(41)32(18,43)28(40)21(14)26(38)22(16)25(17)37/h8-9,12,14,18,24,34,37-38,41,43H,10-11,13H2,1-7H3,(H2,33,42)/t14-,18-,24?,32-/m1/s1. The summed E-state index contributed by atoms with van der Waals surface area (Å²) in [4.78, 5) is 43.0. The third kappa shape index (κ3) is 4.68. The molecule has 12 nitrogen and oxygen atoms in total. The number of carbonyl (C=O) groups is 3. The first-order valence-electron chi connectivity index (χ1n) is 14.4. The smallest absolute Gasteiger partial charge is 0.255 e. The fourth-order valence-corrected chi connectivity index (χ4v) is 6.85. The number of anilines is 1. The number of fused-ring (bicyclic) bond motifs is 3. The summed E-state index contributed by atoms with van der Waals surface area (Å²) in [5, 5.41) is 49.6. The third-order valence-corrected chi connectivity index (χ3v) is 8.90. The van der Waals surface area contributed by atoms with Gasteiger partial charge in [-0.2, -0.15) is 0 Å². The molecule has 0 bridgehead atoms. The van der Waals surface area contributed by atoms with Gasteiger partial charge in [0.05, 0.1) is 23.7 Å².